The molecule has 0 radical (unpaired) electrons. The van der Waals surface area contributed by atoms with Gasteiger partial charge in [0.2, 0.25) is 0 Å². The number of hydrogen-bond donors (Lipinski definition) is 0. The molecule has 0 aliphatic carbocycles. The van der Waals surface area contributed by atoms with Crippen LogP contribution in [0.4, 0.5) is 4.79 Å². The van der Waals surface area contributed by atoms with Crippen molar-refractivity contribution in [3.63, 3.8) is 0 Å². The molecule has 1 aliphatic heterocycles. The van der Waals surface area contributed by atoms with Gasteiger partial charge in [0.05, 0.1) is 13.0 Å². The van der Waals surface area contributed by atoms with Crippen LogP contribution >= 0.6 is 0 Å². The zero-order valence-electron chi connectivity index (χ0n) is 12.2. The quantitative estimate of drug-likeness (QED) is 0.696. The van der Waals surface area contributed by atoms with Gasteiger partial charge in [0, 0.05) is 6.42 Å². The summed E-state index contributed by atoms with van der Waals surface area (Å²) in [5, 5.41) is 0. The van der Waals surface area contributed by atoms with E-state index in [1.807, 2.05) is 6.92 Å². The molecule has 1 saturated heterocycles. The van der Waals surface area contributed by atoms with Crippen molar-refractivity contribution in [1.29, 1.82) is 0 Å². The lowest BCUT2D eigenvalue weighted by atomic mass is 9.96. The first-order valence-corrected chi connectivity index (χ1v) is 6.87. The summed E-state index contributed by atoms with van der Waals surface area (Å²) in [4.78, 5) is 22.7. The minimum atomic E-state index is -0.590. The summed E-state index contributed by atoms with van der Waals surface area (Å²) in [6.45, 7) is 6.01. The Hall–Kier alpha value is -1.26. The molecular formula is C14H24O5. The van der Waals surface area contributed by atoms with Gasteiger partial charge >= 0.3 is 12.1 Å². The number of methoxy groups -OCH3 is 1. The fourth-order valence-electron chi connectivity index (χ4n) is 2.29. The van der Waals surface area contributed by atoms with Crippen LogP contribution < -0.4 is 0 Å². The molecular weight excluding hydrogens is 248 g/mol. The highest BCUT2D eigenvalue weighted by atomic mass is 16.7. The third-order valence-corrected chi connectivity index (χ3v) is 3.31. The van der Waals surface area contributed by atoms with E-state index in [4.69, 9.17) is 9.47 Å². The van der Waals surface area contributed by atoms with Crippen LogP contribution in [0.5, 0.6) is 0 Å². The van der Waals surface area contributed by atoms with E-state index in [-0.39, 0.29) is 24.1 Å². The Bertz CT molecular complexity index is 313. The van der Waals surface area contributed by atoms with Crippen molar-refractivity contribution in [3.05, 3.63) is 0 Å². The molecule has 0 N–H and O–H groups in total. The van der Waals surface area contributed by atoms with Gasteiger partial charge in [-0.3, -0.25) is 4.79 Å². The third kappa shape index (κ3) is 5.49. The summed E-state index contributed by atoms with van der Waals surface area (Å²) in [5.74, 6) is 0.0813. The molecule has 19 heavy (non-hydrogen) atoms. The molecule has 0 bridgehead atoms. The smallest absolute Gasteiger partial charge is 0.469 e. The average Bonchev–Trinajstić information content (AvgIpc) is 2.33. The van der Waals surface area contributed by atoms with Gasteiger partial charge < -0.3 is 14.2 Å². The van der Waals surface area contributed by atoms with E-state index in [1.165, 1.54) is 7.11 Å². The highest BCUT2D eigenvalue weighted by molar-refractivity contribution is 5.71. The van der Waals surface area contributed by atoms with E-state index < -0.39 is 6.16 Å². The maximum atomic E-state index is 11.4. The first kappa shape index (κ1) is 15.8. The van der Waals surface area contributed by atoms with Gasteiger partial charge in [-0.2, -0.15) is 0 Å². The fourth-order valence-corrected chi connectivity index (χ4v) is 2.29. The molecule has 0 saturated carbocycles. The van der Waals surface area contributed by atoms with Gasteiger partial charge in [0.1, 0.15) is 12.2 Å². The number of carbonyl (C=O) groups excluding carboxylic acids is 2. The molecule has 0 unspecified atom stereocenters. The minimum absolute atomic E-state index is 0.0697. The molecule has 5 heteroatoms. The monoisotopic (exact) mass is 272 g/mol. The van der Waals surface area contributed by atoms with Crippen LogP contribution in [-0.2, 0) is 19.0 Å². The fraction of sp³-hybridized carbons (Fsp3) is 0.857. The van der Waals surface area contributed by atoms with Crippen molar-refractivity contribution in [3.8, 4) is 0 Å². The number of rotatable bonds is 6. The Morgan fingerprint density at radius 3 is 2.53 bits per heavy atom. The number of esters is 1. The second kappa shape index (κ2) is 7.36. The molecule has 3 atom stereocenters. The van der Waals surface area contributed by atoms with Crippen LogP contribution in [0, 0.1) is 11.8 Å². The van der Waals surface area contributed by atoms with Crippen LogP contribution in [0.3, 0.4) is 0 Å². The molecule has 1 rings (SSSR count). The number of carbonyl (C=O) groups is 2. The largest absolute Gasteiger partial charge is 0.508 e. The van der Waals surface area contributed by atoms with Gasteiger partial charge in [-0.05, 0) is 25.2 Å². The first-order valence-electron chi connectivity index (χ1n) is 6.87. The molecule has 0 aromatic carbocycles. The summed E-state index contributed by atoms with van der Waals surface area (Å²) in [6, 6.07) is 0. The molecule has 0 amide bonds. The van der Waals surface area contributed by atoms with E-state index in [0.717, 1.165) is 6.42 Å². The van der Waals surface area contributed by atoms with E-state index in [9.17, 15) is 9.59 Å². The van der Waals surface area contributed by atoms with Crippen LogP contribution in [-0.4, -0.2) is 31.4 Å². The van der Waals surface area contributed by atoms with Crippen LogP contribution in [0.1, 0.15) is 46.5 Å². The Balaban J connectivity index is 2.40. The topological polar surface area (TPSA) is 61.8 Å². The molecule has 0 spiro atoms. The van der Waals surface area contributed by atoms with Gasteiger partial charge in [0.15, 0.2) is 0 Å². The number of cyclic esters (lactones) is 2. The van der Waals surface area contributed by atoms with Crippen LogP contribution in [0.2, 0.25) is 0 Å². The Kier molecular flexibility index (Phi) is 6.12. The van der Waals surface area contributed by atoms with Crippen molar-refractivity contribution in [2.75, 3.05) is 7.11 Å². The summed E-state index contributed by atoms with van der Waals surface area (Å²) >= 11 is 0. The van der Waals surface area contributed by atoms with Gasteiger partial charge in [-0.1, -0.05) is 20.8 Å². The second-order valence-electron chi connectivity index (χ2n) is 5.60. The lowest BCUT2D eigenvalue weighted by Crippen LogP contribution is -2.35. The normalized spacial score (nSPS) is 24.6. The van der Waals surface area contributed by atoms with Crippen molar-refractivity contribution >= 4 is 12.1 Å². The summed E-state index contributed by atoms with van der Waals surface area (Å²) < 4.78 is 15.0. The van der Waals surface area contributed by atoms with E-state index in [0.29, 0.717) is 25.2 Å². The van der Waals surface area contributed by atoms with E-state index >= 15 is 0 Å². The van der Waals surface area contributed by atoms with E-state index in [2.05, 4.69) is 18.6 Å². The first-order chi connectivity index (χ1) is 8.92. The number of hydrogen-bond acceptors (Lipinski definition) is 5. The lowest BCUT2D eigenvalue weighted by Gasteiger charge is -2.30. The lowest BCUT2D eigenvalue weighted by molar-refractivity contribution is -0.145. The molecule has 1 aliphatic rings. The highest BCUT2D eigenvalue weighted by Crippen LogP contribution is 2.25. The minimum Gasteiger partial charge on any atom is -0.469 e. The third-order valence-electron chi connectivity index (χ3n) is 3.31. The SMILES string of the molecule is COC(=O)[C@@H](C)CC[C@@H]1C[C@H](CC(C)C)OC(=O)O1. The Labute approximate surface area is 114 Å². The standard InChI is InChI=1S/C14H24O5/c1-9(2)7-12-8-11(18-14(16)19-12)6-5-10(3)13(15)17-4/h9-12H,5-8H2,1-4H3/t10-,11+,12-/m0/s1. The molecule has 110 valence electrons. The Morgan fingerprint density at radius 2 is 1.95 bits per heavy atom. The van der Waals surface area contributed by atoms with Gasteiger partial charge in [0.25, 0.3) is 0 Å². The van der Waals surface area contributed by atoms with Crippen LogP contribution in [0.15, 0.2) is 0 Å². The van der Waals surface area contributed by atoms with E-state index in [1.54, 1.807) is 0 Å². The van der Waals surface area contributed by atoms with Crippen molar-refractivity contribution in [2.24, 2.45) is 11.8 Å². The second-order valence-corrected chi connectivity index (χ2v) is 5.60. The predicted molar refractivity (Wildman–Crippen MR) is 69.6 cm³/mol. The zero-order valence-corrected chi connectivity index (χ0v) is 12.2. The average molecular weight is 272 g/mol. The molecule has 5 nitrogen and oxygen atoms in total. The summed E-state index contributed by atoms with van der Waals surface area (Å²) in [5.41, 5.74) is 0. The van der Waals surface area contributed by atoms with Crippen molar-refractivity contribution < 1.29 is 23.8 Å². The molecule has 1 heterocycles. The summed E-state index contributed by atoms with van der Waals surface area (Å²) in [6.07, 6.45) is 2.05. The molecule has 0 aromatic heterocycles. The van der Waals surface area contributed by atoms with Crippen molar-refractivity contribution in [2.45, 2.75) is 58.7 Å². The maximum Gasteiger partial charge on any atom is 0.508 e. The van der Waals surface area contributed by atoms with Crippen molar-refractivity contribution in [1.82, 2.24) is 0 Å². The highest BCUT2D eigenvalue weighted by Gasteiger charge is 2.30. The van der Waals surface area contributed by atoms with Crippen LogP contribution in [0.25, 0.3) is 0 Å². The predicted octanol–water partition coefficient (Wildman–Crippen LogP) is 2.92. The summed E-state index contributed by atoms with van der Waals surface area (Å²) in [7, 11) is 1.38. The zero-order chi connectivity index (χ0) is 14.4. The van der Waals surface area contributed by atoms with Gasteiger partial charge in [-0.15, -0.1) is 0 Å². The molecule has 0 aromatic rings. The van der Waals surface area contributed by atoms with Gasteiger partial charge in [-0.25, -0.2) is 4.79 Å². The maximum absolute atomic E-state index is 11.4. The number of ether oxygens (including phenoxy) is 3. The Morgan fingerprint density at radius 1 is 1.32 bits per heavy atom. The molecule has 1 fully saturated rings.